The van der Waals surface area contributed by atoms with Crippen LogP contribution in [0.15, 0.2) is 18.2 Å². The number of benzene rings is 1. The van der Waals surface area contributed by atoms with Crippen LogP contribution in [-0.2, 0) is 0 Å². The Bertz CT molecular complexity index is 459. The van der Waals surface area contributed by atoms with Crippen LogP contribution >= 0.6 is 0 Å². The first-order valence-electron chi connectivity index (χ1n) is 6.89. The summed E-state index contributed by atoms with van der Waals surface area (Å²) in [6, 6.07) is 5.40. The van der Waals surface area contributed by atoms with Crippen LogP contribution in [0.1, 0.15) is 41.6 Å². The molecular weight excluding hydrogens is 240 g/mol. The molecule has 2 atom stereocenters. The molecule has 0 aliphatic heterocycles. The number of carbonyl (C=O) groups excluding carboxylic acids is 1. The highest BCUT2D eigenvalue weighted by Gasteiger charge is 2.26. The van der Waals surface area contributed by atoms with Crippen LogP contribution in [0.2, 0.25) is 0 Å². The lowest BCUT2D eigenvalue weighted by Gasteiger charge is -2.30. The second kappa shape index (κ2) is 6.06. The maximum absolute atomic E-state index is 12.2. The fraction of sp³-hybridized carbons (Fsp3) is 0.533. The van der Waals surface area contributed by atoms with Gasteiger partial charge in [0, 0.05) is 29.8 Å². The second-order valence-corrected chi connectivity index (χ2v) is 5.38. The van der Waals surface area contributed by atoms with E-state index in [4.69, 9.17) is 5.73 Å². The van der Waals surface area contributed by atoms with Gasteiger partial charge in [-0.2, -0.15) is 0 Å². The average Bonchev–Trinajstić information content (AvgIpc) is 2.42. The smallest absolute Gasteiger partial charge is 0.251 e. The SMILES string of the molecule is Cc1cc(C(=O)NC2CCCCC2CO)ccc1N. The third-order valence-corrected chi connectivity index (χ3v) is 3.99. The van der Waals surface area contributed by atoms with Crippen molar-refractivity contribution in [1.29, 1.82) is 0 Å². The standard InChI is InChI=1S/C15H22N2O2/c1-10-8-11(6-7-13(10)16)15(19)17-14-5-3-2-4-12(14)9-18/h6-8,12,14,18H,2-5,9,16H2,1H3,(H,17,19). The minimum atomic E-state index is -0.0755. The summed E-state index contributed by atoms with van der Waals surface area (Å²) in [5.41, 5.74) is 7.99. The first-order valence-corrected chi connectivity index (χ1v) is 6.89. The van der Waals surface area contributed by atoms with E-state index in [-0.39, 0.29) is 24.5 Å². The highest BCUT2D eigenvalue weighted by Crippen LogP contribution is 2.24. The summed E-state index contributed by atoms with van der Waals surface area (Å²) in [5, 5.41) is 12.4. The van der Waals surface area contributed by atoms with E-state index < -0.39 is 0 Å². The van der Waals surface area contributed by atoms with Crippen molar-refractivity contribution in [3.05, 3.63) is 29.3 Å². The van der Waals surface area contributed by atoms with Gasteiger partial charge in [0.1, 0.15) is 0 Å². The van der Waals surface area contributed by atoms with Gasteiger partial charge in [-0.05, 0) is 43.5 Å². The molecule has 1 amide bonds. The van der Waals surface area contributed by atoms with Crippen molar-refractivity contribution in [2.75, 3.05) is 12.3 Å². The van der Waals surface area contributed by atoms with E-state index in [1.165, 1.54) is 0 Å². The molecule has 0 saturated heterocycles. The Morgan fingerprint density at radius 3 is 2.84 bits per heavy atom. The van der Waals surface area contributed by atoms with Crippen molar-refractivity contribution in [1.82, 2.24) is 5.32 Å². The molecule has 1 saturated carbocycles. The van der Waals surface area contributed by atoms with Gasteiger partial charge in [-0.3, -0.25) is 4.79 Å². The number of carbonyl (C=O) groups is 1. The third-order valence-electron chi connectivity index (χ3n) is 3.99. The molecule has 19 heavy (non-hydrogen) atoms. The van der Waals surface area contributed by atoms with E-state index in [0.29, 0.717) is 11.3 Å². The molecule has 4 N–H and O–H groups in total. The van der Waals surface area contributed by atoms with E-state index in [9.17, 15) is 9.90 Å². The van der Waals surface area contributed by atoms with E-state index in [2.05, 4.69) is 5.32 Å². The number of anilines is 1. The lowest BCUT2D eigenvalue weighted by atomic mass is 9.85. The Hall–Kier alpha value is -1.55. The average molecular weight is 262 g/mol. The van der Waals surface area contributed by atoms with Crippen molar-refractivity contribution < 1.29 is 9.90 Å². The van der Waals surface area contributed by atoms with Gasteiger partial charge in [-0.25, -0.2) is 0 Å². The number of hydrogen-bond acceptors (Lipinski definition) is 3. The number of nitrogens with one attached hydrogen (secondary N) is 1. The normalized spacial score (nSPS) is 23.1. The Kier molecular flexibility index (Phi) is 4.43. The molecule has 2 rings (SSSR count). The van der Waals surface area contributed by atoms with Crippen LogP contribution in [0, 0.1) is 12.8 Å². The van der Waals surface area contributed by atoms with Gasteiger partial charge in [-0.15, -0.1) is 0 Å². The lowest BCUT2D eigenvalue weighted by molar-refractivity contribution is 0.0872. The lowest BCUT2D eigenvalue weighted by Crippen LogP contribution is -2.43. The molecule has 1 fully saturated rings. The summed E-state index contributed by atoms with van der Waals surface area (Å²) in [4.78, 5) is 12.2. The summed E-state index contributed by atoms with van der Waals surface area (Å²) in [5.74, 6) is 0.112. The van der Waals surface area contributed by atoms with Crippen LogP contribution in [0.25, 0.3) is 0 Å². The quantitative estimate of drug-likeness (QED) is 0.728. The van der Waals surface area contributed by atoms with Gasteiger partial charge in [0.2, 0.25) is 0 Å². The Morgan fingerprint density at radius 2 is 2.16 bits per heavy atom. The molecule has 1 aromatic carbocycles. The third kappa shape index (κ3) is 3.26. The monoisotopic (exact) mass is 262 g/mol. The van der Waals surface area contributed by atoms with Gasteiger partial charge in [0.15, 0.2) is 0 Å². The van der Waals surface area contributed by atoms with E-state index >= 15 is 0 Å². The number of aliphatic hydroxyl groups excluding tert-OH is 1. The first-order chi connectivity index (χ1) is 9.11. The summed E-state index contributed by atoms with van der Waals surface area (Å²) in [6.07, 6.45) is 4.19. The second-order valence-electron chi connectivity index (χ2n) is 5.38. The zero-order chi connectivity index (χ0) is 13.8. The molecule has 4 nitrogen and oxygen atoms in total. The van der Waals surface area contributed by atoms with Gasteiger partial charge < -0.3 is 16.2 Å². The minimum Gasteiger partial charge on any atom is -0.399 e. The number of nitrogens with two attached hydrogens (primary N) is 1. The maximum atomic E-state index is 12.2. The molecule has 1 aliphatic rings. The van der Waals surface area contributed by atoms with Crippen molar-refractivity contribution in [2.45, 2.75) is 38.6 Å². The van der Waals surface area contributed by atoms with Crippen molar-refractivity contribution in [2.24, 2.45) is 5.92 Å². The molecule has 104 valence electrons. The van der Waals surface area contributed by atoms with E-state index in [1.807, 2.05) is 6.92 Å². The number of aliphatic hydroxyl groups is 1. The summed E-state index contributed by atoms with van der Waals surface area (Å²) >= 11 is 0. The highest BCUT2D eigenvalue weighted by atomic mass is 16.3. The van der Waals surface area contributed by atoms with Crippen LogP contribution in [0.4, 0.5) is 5.69 Å². The Labute approximate surface area is 114 Å². The highest BCUT2D eigenvalue weighted by molar-refractivity contribution is 5.95. The topological polar surface area (TPSA) is 75.3 Å². The van der Waals surface area contributed by atoms with E-state index in [0.717, 1.165) is 31.2 Å². The summed E-state index contributed by atoms with van der Waals surface area (Å²) in [6.45, 7) is 2.04. The van der Waals surface area contributed by atoms with Crippen molar-refractivity contribution >= 4 is 11.6 Å². The predicted molar refractivity (Wildman–Crippen MR) is 75.9 cm³/mol. The first kappa shape index (κ1) is 13.9. The predicted octanol–water partition coefficient (Wildman–Crippen LogP) is 1.86. The Balaban J connectivity index is 2.05. The zero-order valence-electron chi connectivity index (χ0n) is 11.4. The van der Waals surface area contributed by atoms with Crippen molar-refractivity contribution in [3.63, 3.8) is 0 Å². The number of aryl methyl sites for hydroxylation is 1. The van der Waals surface area contributed by atoms with E-state index in [1.54, 1.807) is 18.2 Å². The largest absolute Gasteiger partial charge is 0.399 e. The molecule has 0 bridgehead atoms. The van der Waals surface area contributed by atoms with Crippen molar-refractivity contribution in [3.8, 4) is 0 Å². The fourth-order valence-corrected chi connectivity index (χ4v) is 2.68. The number of nitrogen functional groups attached to an aromatic ring is 1. The summed E-state index contributed by atoms with van der Waals surface area (Å²) < 4.78 is 0. The molecular formula is C15H22N2O2. The molecule has 4 heteroatoms. The molecule has 0 heterocycles. The van der Waals surface area contributed by atoms with Gasteiger partial charge >= 0.3 is 0 Å². The maximum Gasteiger partial charge on any atom is 0.251 e. The van der Waals surface area contributed by atoms with Crippen LogP contribution in [0.3, 0.4) is 0 Å². The van der Waals surface area contributed by atoms with Gasteiger partial charge in [0.05, 0.1) is 0 Å². The molecule has 1 aromatic rings. The molecule has 0 aromatic heterocycles. The van der Waals surface area contributed by atoms with Crippen LogP contribution in [-0.4, -0.2) is 23.7 Å². The molecule has 2 unspecified atom stereocenters. The zero-order valence-corrected chi connectivity index (χ0v) is 11.4. The number of hydrogen-bond donors (Lipinski definition) is 3. The number of rotatable bonds is 3. The minimum absolute atomic E-state index is 0.0755. The molecule has 0 radical (unpaired) electrons. The van der Waals surface area contributed by atoms with Crippen LogP contribution < -0.4 is 11.1 Å². The summed E-state index contributed by atoms with van der Waals surface area (Å²) in [7, 11) is 0. The van der Waals surface area contributed by atoms with Gasteiger partial charge in [0.25, 0.3) is 5.91 Å². The van der Waals surface area contributed by atoms with Crippen LogP contribution in [0.5, 0.6) is 0 Å². The number of amides is 1. The van der Waals surface area contributed by atoms with Gasteiger partial charge in [-0.1, -0.05) is 12.8 Å². The molecule has 0 spiro atoms. The Morgan fingerprint density at radius 1 is 1.42 bits per heavy atom. The fourth-order valence-electron chi connectivity index (χ4n) is 2.68. The molecule has 1 aliphatic carbocycles.